The second kappa shape index (κ2) is 7.60. The summed E-state index contributed by atoms with van der Waals surface area (Å²) in [4.78, 5) is 12.6. The van der Waals surface area contributed by atoms with Crippen LogP contribution in [0.4, 0.5) is 0 Å². The van der Waals surface area contributed by atoms with Gasteiger partial charge in [0.1, 0.15) is 0 Å². The maximum Gasteiger partial charge on any atom is 0.226 e. The zero-order chi connectivity index (χ0) is 16.9. The van der Waals surface area contributed by atoms with E-state index in [0.29, 0.717) is 19.0 Å². The van der Waals surface area contributed by atoms with Crippen LogP contribution in [0.15, 0.2) is 54.6 Å². The summed E-state index contributed by atoms with van der Waals surface area (Å²) in [5, 5.41) is 3.07. The first-order valence-electron chi connectivity index (χ1n) is 8.55. The molecular formula is C20H25N3O. The van der Waals surface area contributed by atoms with Crippen LogP contribution in [0.5, 0.6) is 0 Å². The molecule has 24 heavy (non-hydrogen) atoms. The van der Waals surface area contributed by atoms with Crippen LogP contribution in [-0.4, -0.2) is 12.5 Å². The number of hydrogen-bond donors (Lipinski definition) is 3. The van der Waals surface area contributed by atoms with Crippen LogP contribution in [0, 0.1) is 5.92 Å². The predicted octanol–water partition coefficient (Wildman–Crippen LogP) is 2.89. The molecule has 2 unspecified atom stereocenters. The summed E-state index contributed by atoms with van der Waals surface area (Å²) in [5.41, 5.74) is 9.89. The van der Waals surface area contributed by atoms with Crippen molar-refractivity contribution in [3.05, 3.63) is 71.3 Å². The van der Waals surface area contributed by atoms with Gasteiger partial charge in [-0.25, -0.2) is 5.43 Å². The topological polar surface area (TPSA) is 53.2 Å². The molecule has 0 spiro atoms. The van der Waals surface area contributed by atoms with Gasteiger partial charge in [-0.05, 0) is 22.6 Å². The lowest BCUT2D eigenvalue weighted by Crippen LogP contribution is -2.34. The summed E-state index contributed by atoms with van der Waals surface area (Å²) >= 11 is 0. The third-order valence-electron chi connectivity index (χ3n) is 4.59. The molecule has 126 valence electrons. The Balaban J connectivity index is 1.60. The second-order valence-corrected chi connectivity index (χ2v) is 6.63. The zero-order valence-electron chi connectivity index (χ0n) is 14.3. The molecule has 0 saturated carbocycles. The van der Waals surface area contributed by atoms with Gasteiger partial charge in [-0.15, -0.1) is 0 Å². The summed E-state index contributed by atoms with van der Waals surface area (Å²) in [6.07, 6.45) is 0. The Hall–Kier alpha value is -2.17. The minimum absolute atomic E-state index is 0.00881. The van der Waals surface area contributed by atoms with Crippen LogP contribution >= 0.6 is 0 Å². The molecule has 1 fully saturated rings. The highest BCUT2D eigenvalue weighted by molar-refractivity contribution is 5.80. The van der Waals surface area contributed by atoms with Gasteiger partial charge in [-0.1, -0.05) is 68.4 Å². The fraction of sp³-hybridized carbons (Fsp3) is 0.350. The van der Waals surface area contributed by atoms with Crippen molar-refractivity contribution < 1.29 is 4.79 Å². The van der Waals surface area contributed by atoms with Crippen LogP contribution in [-0.2, 0) is 11.3 Å². The zero-order valence-corrected chi connectivity index (χ0v) is 14.3. The van der Waals surface area contributed by atoms with Crippen molar-refractivity contribution in [2.24, 2.45) is 5.92 Å². The lowest BCUT2D eigenvalue weighted by Gasteiger charge is -2.18. The van der Waals surface area contributed by atoms with E-state index in [-0.39, 0.29) is 17.9 Å². The van der Waals surface area contributed by atoms with E-state index in [1.165, 1.54) is 5.56 Å². The molecule has 3 rings (SSSR count). The highest BCUT2D eigenvalue weighted by atomic mass is 16.2. The minimum Gasteiger partial charge on any atom is -0.352 e. The molecule has 4 nitrogen and oxygen atoms in total. The molecule has 1 heterocycles. The van der Waals surface area contributed by atoms with Crippen molar-refractivity contribution in [3.63, 3.8) is 0 Å². The molecule has 2 atom stereocenters. The predicted molar refractivity (Wildman–Crippen MR) is 96.2 cm³/mol. The number of carbonyl (C=O) groups is 1. The summed E-state index contributed by atoms with van der Waals surface area (Å²) in [5.74, 6) is 0.493. The molecule has 1 aliphatic heterocycles. The normalized spacial score (nSPS) is 20.3. The molecule has 1 saturated heterocycles. The van der Waals surface area contributed by atoms with Crippen molar-refractivity contribution in [2.75, 3.05) is 6.54 Å². The van der Waals surface area contributed by atoms with Gasteiger partial charge in [0.05, 0.1) is 12.0 Å². The number of benzene rings is 2. The minimum atomic E-state index is -0.109. The first-order chi connectivity index (χ1) is 11.6. The molecule has 2 aromatic rings. The Morgan fingerprint density at radius 2 is 1.83 bits per heavy atom. The van der Waals surface area contributed by atoms with Crippen LogP contribution < -0.4 is 16.2 Å². The second-order valence-electron chi connectivity index (χ2n) is 6.63. The molecule has 0 radical (unpaired) electrons. The smallest absolute Gasteiger partial charge is 0.226 e. The quantitative estimate of drug-likeness (QED) is 0.793. The van der Waals surface area contributed by atoms with E-state index in [1.54, 1.807) is 0 Å². The van der Waals surface area contributed by atoms with Crippen molar-refractivity contribution in [3.8, 4) is 0 Å². The van der Waals surface area contributed by atoms with E-state index in [9.17, 15) is 4.79 Å². The van der Waals surface area contributed by atoms with Crippen LogP contribution in [0.1, 0.15) is 42.5 Å². The summed E-state index contributed by atoms with van der Waals surface area (Å²) in [7, 11) is 0. The maximum atomic E-state index is 12.6. The van der Waals surface area contributed by atoms with Crippen molar-refractivity contribution in [1.29, 1.82) is 0 Å². The Labute approximate surface area is 143 Å². The number of hydrazine groups is 1. The SMILES string of the molecule is CC(C)c1ccc(CNC(=O)C2CNNC2c2ccccc2)cc1. The Morgan fingerprint density at radius 3 is 2.50 bits per heavy atom. The van der Waals surface area contributed by atoms with Crippen molar-refractivity contribution in [2.45, 2.75) is 32.4 Å². The van der Waals surface area contributed by atoms with E-state index in [2.05, 4.69) is 66.4 Å². The molecule has 4 heteroatoms. The first kappa shape index (κ1) is 16.7. The van der Waals surface area contributed by atoms with E-state index < -0.39 is 0 Å². The Bertz CT molecular complexity index is 667. The molecular weight excluding hydrogens is 298 g/mol. The van der Waals surface area contributed by atoms with Crippen LogP contribution in [0.3, 0.4) is 0 Å². The molecule has 3 N–H and O–H groups in total. The molecule has 2 aromatic carbocycles. The van der Waals surface area contributed by atoms with Crippen LogP contribution in [0.2, 0.25) is 0 Å². The average Bonchev–Trinajstić information content (AvgIpc) is 3.10. The van der Waals surface area contributed by atoms with Gasteiger partial charge in [0.2, 0.25) is 5.91 Å². The number of hydrogen-bond acceptors (Lipinski definition) is 3. The summed E-state index contributed by atoms with van der Waals surface area (Å²) < 4.78 is 0. The molecule has 0 bridgehead atoms. The maximum absolute atomic E-state index is 12.6. The molecule has 0 aliphatic carbocycles. The van der Waals surface area contributed by atoms with E-state index in [4.69, 9.17) is 0 Å². The van der Waals surface area contributed by atoms with Crippen molar-refractivity contribution in [1.82, 2.24) is 16.2 Å². The third kappa shape index (κ3) is 3.83. The monoisotopic (exact) mass is 323 g/mol. The van der Waals surface area contributed by atoms with Gasteiger partial charge >= 0.3 is 0 Å². The number of carbonyl (C=O) groups excluding carboxylic acids is 1. The third-order valence-corrected chi connectivity index (χ3v) is 4.59. The van der Waals surface area contributed by atoms with E-state index in [0.717, 1.165) is 11.1 Å². The van der Waals surface area contributed by atoms with Crippen molar-refractivity contribution >= 4 is 5.91 Å². The average molecular weight is 323 g/mol. The van der Waals surface area contributed by atoms with Gasteiger partial charge < -0.3 is 5.32 Å². The number of rotatable bonds is 5. The standard InChI is InChI=1S/C20H25N3O/c1-14(2)16-10-8-15(9-11-16)12-21-20(24)18-13-22-23-19(18)17-6-4-3-5-7-17/h3-11,14,18-19,22-23H,12-13H2,1-2H3,(H,21,24). The van der Waals surface area contributed by atoms with Gasteiger partial charge in [0.25, 0.3) is 0 Å². The lowest BCUT2D eigenvalue weighted by molar-refractivity contribution is -0.125. The number of amides is 1. The van der Waals surface area contributed by atoms with Gasteiger partial charge in [-0.2, -0.15) is 0 Å². The Morgan fingerprint density at radius 1 is 1.12 bits per heavy atom. The highest BCUT2D eigenvalue weighted by Gasteiger charge is 2.33. The molecule has 0 aromatic heterocycles. The van der Waals surface area contributed by atoms with Crippen LogP contribution in [0.25, 0.3) is 0 Å². The summed E-state index contributed by atoms with van der Waals surface area (Å²) in [6.45, 7) is 5.56. The van der Waals surface area contributed by atoms with E-state index >= 15 is 0 Å². The van der Waals surface area contributed by atoms with Gasteiger partial charge in [0, 0.05) is 13.1 Å². The van der Waals surface area contributed by atoms with E-state index in [1.807, 2.05) is 18.2 Å². The molecule has 1 amide bonds. The highest BCUT2D eigenvalue weighted by Crippen LogP contribution is 2.24. The summed E-state index contributed by atoms with van der Waals surface area (Å²) in [6, 6.07) is 18.6. The fourth-order valence-corrected chi connectivity index (χ4v) is 3.06. The fourth-order valence-electron chi connectivity index (χ4n) is 3.06. The Kier molecular flexibility index (Phi) is 5.28. The largest absolute Gasteiger partial charge is 0.352 e. The number of nitrogens with one attached hydrogen (secondary N) is 3. The molecule has 1 aliphatic rings. The van der Waals surface area contributed by atoms with Gasteiger partial charge in [-0.3, -0.25) is 10.2 Å². The lowest BCUT2D eigenvalue weighted by atomic mass is 9.94. The first-order valence-corrected chi connectivity index (χ1v) is 8.55. The van der Waals surface area contributed by atoms with Gasteiger partial charge in [0.15, 0.2) is 0 Å².